The van der Waals surface area contributed by atoms with Gasteiger partial charge in [-0.15, -0.1) is 0 Å². The molecule has 0 saturated heterocycles. The highest BCUT2D eigenvalue weighted by atomic mass is 79.9. The highest BCUT2D eigenvalue weighted by Crippen LogP contribution is 2.17. The summed E-state index contributed by atoms with van der Waals surface area (Å²) < 4.78 is 11.5. The van der Waals surface area contributed by atoms with Crippen LogP contribution in [-0.2, 0) is 9.16 Å². The van der Waals surface area contributed by atoms with Crippen LogP contribution in [0, 0.1) is 0 Å². The highest BCUT2D eigenvalue weighted by molar-refractivity contribution is 9.11. The van der Waals surface area contributed by atoms with Gasteiger partial charge >= 0.3 is 0 Å². The Hall–Kier alpha value is 0.0369. The summed E-state index contributed by atoms with van der Waals surface area (Å²) in [4.78, 5) is 0. The molecule has 0 aromatic heterocycles. The van der Waals surface area contributed by atoms with Gasteiger partial charge in [-0.05, 0) is 42.5 Å². The van der Waals surface area contributed by atoms with Gasteiger partial charge in [0.15, 0.2) is 0 Å². The van der Waals surface area contributed by atoms with E-state index in [0.717, 1.165) is 4.48 Å². The second-order valence-electron chi connectivity index (χ2n) is 3.24. The summed E-state index contributed by atoms with van der Waals surface area (Å²) in [5, 5.41) is 0. The molecule has 0 amide bonds. The first kappa shape index (κ1) is 11.0. The van der Waals surface area contributed by atoms with E-state index in [2.05, 4.69) is 35.6 Å². The maximum Gasteiger partial charge on any atom is 0.275 e. The number of methoxy groups -OCH3 is 1. The van der Waals surface area contributed by atoms with E-state index in [9.17, 15) is 0 Å². The minimum Gasteiger partial charge on any atom is -0.519 e. The van der Waals surface area contributed by atoms with Crippen LogP contribution in [0.4, 0.5) is 0 Å². The van der Waals surface area contributed by atoms with Crippen molar-refractivity contribution < 1.29 is 9.16 Å². The molecule has 0 aromatic carbocycles. The molecule has 0 bridgehead atoms. The van der Waals surface area contributed by atoms with Gasteiger partial charge < -0.3 is 9.16 Å². The number of hydrogen-bond donors (Lipinski definition) is 0. The zero-order chi connectivity index (χ0) is 9.07. The number of ether oxygens (including phenoxy) is 1. The summed E-state index contributed by atoms with van der Waals surface area (Å²) in [5.41, 5.74) is 0. The van der Waals surface area contributed by atoms with Gasteiger partial charge in [0.25, 0.3) is 5.95 Å². The van der Waals surface area contributed by atoms with Gasteiger partial charge in [0.1, 0.15) is 0 Å². The molecular weight excluding hydrogens is 224 g/mol. The van der Waals surface area contributed by atoms with E-state index in [0.29, 0.717) is 5.95 Å². The first-order chi connectivity index (χ1) is 4.87. The molecule has 4 heteroatoms. The molecule has 2 nitrogen and oxygen atoms in total. The third-order valence-corrected chi connectivity index (χ3v) is 1.99. The van der Waals surface area contributed by atoms with Gasteiger partial charge in [-0.1, -0.05) is 0 Å². The lowest BCUT2D eigenvalue weighted by Gasteiger charge is -2.20. The molecule has 0 unspecified atom stereocenters. The van der Waals surface area contributed by atoms with Gasteiger partial charge in [0.2, 0.25) is 8.32 Å². The van der Waals surface area contributed by atoms with E-state index < -0.39 is 8.32 Å². The summed E-state index contributed by atoms with van der Waals surface area (Å²) in [6, 6.07) is 0. The van der Waals surface area contributed by atoms with Crippen molar-refractivity contribution in [2.45, 2.75) is 26.6 Å². The topological polar surface area (TPSA) is 18.5 Å². The molecule has 11 heavy (non-hydrogen) atoms. The average molecular weight is 239 g/mol. The SMILES string of the molecule is COC(O[Si](C)(C)C)=C(C)Br. The smallest absolute Gasteiger partial charge is 0.275 e. The van der Waals surface area contributed by atoms with Gasteiger partial charge in [-0.2, -0.15) is 0 Å². The van der Waals surface area contributed by atoms with Crippen molar-refractivity contribution in [2.24, 2.45) is 0 Å². The van der Waals surface area contributed by atoms with E-state index >= 15 is 0 Å². The maximum absolute atomic E-state index is 5.60. The Balaban J connectivity index is 4.23. The Bertz CT molecular complexity index is 156. The molecule has 0 saturated carbocycles. The lowest BCUT2D eigenvalue weighted by molar-refractivity contribution is 0.145. The van der Waals surface area contributed by atoms with E-state index in [1.165, 1.54) is 0 Å². The molecule has 0 radical (unpaired) electrons. The lowest BCUT2D eigenvalue weighted by Crippen LogP contribution is -2.25. The van der Waals surface area contributed by atoms with Crippen LogP contribution < -0.4 is 0 Å². The highest BCUT2D eigenvalue weighted by Gasteiger charge is 2.18. The van der Waals surface area contributed by atoms with Crippen LogP contribution in [-0.4, -0.2) is 15.4 Å². The predicted molar refractivity (Wildman–Crippen MR) is 53.1 cm³/mol. The van der Waals surface area contributed by atoms with Crippen molar-refractivity contribution in [3.05, 3.63) is 10.4 Å². The molecule has 0 rings (SSSR count). The largest absolute Gasteiger partial charge is 0.519 e. The number of allylic oxidation sites excluding steroid dienone is 1. The summed E-state index contributed by atoms with van der Waals surface area (Å²) in [6.45, 7) is 8.24. The van der Waals surface area contributed by atoms with Crippen LogP contribution in [0.5, 0.6) is 0 Å². The zero-order valence-electron chi connectivity index (χ0n) is 7.69. The standard InChI is InChI=1S/C7H15BrO2Si/c1-6(8)7(9-2)10-11(3,4)5/h1-5H3. The molecular formula is C7H15BrO2Si. The predicted octanol–water partition coefficient (Wildman–Crippen LogP) is 3.07. The fourth-order valence-corrected chi connectivity index (χ4v) is 1.72. The van der Waals surface area contributed by atoms with Gasteiger partial charge in [-0.25, -0.2) is 0 Å². The van der Waals surface area contributed by atoms with Gasteiger partial charge in [0.05, 0.1) is 11.6 Å². The maximum atomic E-state index is 5.60. The number of rotatable bonds is 3. The Morgan fingerprint density at radius 3 is 1.82 bits per heavy atom. The van der Waals surface area contributed by atoms with E-state index in [1.807, 2.05) is 6.92 Å². The molecule has 0 N–H and O–H groups in total. The van der Waals surface area contributed by atoms with Crippen molar-refractivity contribution in [3.63, 3.8) is 0 Å². The van der Waals surface area contributed by atoms with Crippen LogP contribution in [0.15, 0.2) is 10.4 Å². The van der Waals surface area contributed by atoms with Crippen molar-refractivity contribution in [2.75, 3.05) is 7.11 Å². The summed E-state index contributed by atoms with van der Waals surface area (Å²) in [5.74, 6) is 0.601. The van der Waals surface area contributed by atoms with Crippen molar-refractivity contribution >= 4 is 24.2 Å². The fourth-order valence-electron chi connectivity index (χ4n) is 0.531. The first-order valence-corrected chi connectivity index (χ1v) is 7.66. The number of hydrogen-bond acceptors (Lipinski definition) is 2. The van der Waals surface area contributed by atoms with Crippen molar-refractivity contribution in [1.29, 1.82) is 0 Å². The molecule has 0 fully saturated rings. The van der Waals surface area contributed by atoms with E-state index in [1.54, 1.807) is 7.11 Å². The lowest BCUT2D eigenvalue weighted by atomic mass is 10.7. The van der Waals surface area contributed by atoms with Crippen molar-refractivity contribution in [3.8, 4) is 0 Å². The molecule has 66 valence electrons. The molecule has 0 atom stereocenters. The Morgan fingerprint density at radius 2 is 1.73 bits per heavy atom. The molecule has 0 spiro atoms. The molecule has 0 aliphatic carbocycles. The molecule has 0 heterocycles. The number of halogens is 1. The van der Waals surface area contributed by atoms with E-state index in [-0.39, 0.29) is 0 Å². The van der Waals surface area contributed by atoms with Crippen LogP contribution in [0.3, 0.4) is 0 Å². The third kappa shape index (κ3) is 5.32. The first-order valence-electron chi connectivity index (χ1n) is 3.46. The fraction of sp³-hybridized carbons (Fsp3) is 0.714. The van der Waals surface area contributed by atoms with E-state index in [4.69, 9.17) is 9.16 Å². The molecule has 0 aliphatic heterocycles. The summed E-state index contributed by atoms with van der Waals surface area (Å²) in [7, 11) is 0.0944. The third-order valence-electron chi connectivity index (χ3n) is 0.866. The summed E-state index contributed by atoms with van der Waals surface area (Å²) in [6.07, 6.45) is 0. The Morgan fingerprint density at radius 1 is 1.27 bits per heavy atom. The minimum atomic E-state index is -1.52. The molecule has 0 aromatic rings. The second kappa shape index (κ2) is 4.16. The van der Waals surface area contributed by atoms with Crippen LogP contribution in [0.25, 0.3) is 0 Å². The van der Waals surface area contributed by atoms with Crippen LogP contribution >= 0.6 is 15.9 Å². The summed E-state index contributed by atoms with van der Waals surface area (Å²) >= 11 is 3.31. The molecule has 0 aliphatic rings. The van der Waals surface area contributed by atoms with Gasteiger partial charge in [-0.3, -0.25) is 0 Å². The second-order valence-corrected chi connectivity index (χ2v) is 8.86. The zero-order valence-corrected chi connectivity index (χ0v) is 10.3. The Labute approximate surface area is 77.8 Å². The normalized spacial score (nSPS) is 14.0. The Kier molecular flexibility index (Phi) is 4.17. The minimum absolute atomic E-state index is 0.601. The average Bonchev–Trinajstić information content (AvgIpc) is 1.80. The quantitative estimate of drug-likeness (QED) is 0.556. The van der Waals surface area contributed by atoms with Crippen LogP contribution in [0.2, 0.25) is 19.6 Å². The van der Waals surface area contributed by atoms with Crippen molar-refractivity contribution in [1.82, 2.24) is 0 Å². The van der Waals surface area contributed by atoms with Crippen LogP contribution in [0.1, 0.15) is 6.92 Å². The van der Waals surface area contributed by atoms with Gasteiger partial charge in [0, 0.05) is 0 Å². The monoisotopic (exact) mass is 238 g/mol.